The van der Waals surface area contributed by atoms with E-state index in [4.69, 9.17) is 9.47 Å². The lowest BCUT2D eigenvalue weighted by Gasteiger charge is -2.35. The highest BCUT2D eigenvalue weighted by atomic mass is 16.5. The van der Waals surface area contributed by atoms with Crippen LogP contribution in [-0.2, 0) is 14.3 Å². The second-order valence-electron chi connectivity index (χ2n) is 4.81. The minimum atomic E-state index is -0.287. The van der Waals surface area contributed by atoms with Gasteiger partial charge in [-0.2, -0.15) is 0 Å². The number of carbonyl (C=O) groups is 1. The van der Waals surface area contributed by atoms with Gasteiger partial charge in [0, 0.05) is 33.3 Å². The number of hydrogen-bond acceptors (Lipinski definition) is 4. The molecule has 0 aromatic heterocycles. The number of carbonyl (C=O) groups excluding carboxylic acids is 1. The maximum atomic E-state index is 12.2. The molecule has 2 atom stereocenters. The number of methoxy groups -OCH3 is 1. The second kappa shape index (κ2) is 6.33. The Morgan fingerprint density at radius 3 is 3.18 bits per heavy atom. The lowest BCUT2D eigenvalue weighted by Crippen LogP contribution is -2.52. The van der Waals surface area contributed by atoms with Crippen molar-refractivity contribution in [2.75, 3.05) is 46.5 Å². The third-order valence-electron chi connectivity index (χ3n) is 3.44. The van der Waals surface area contributed by atoms with Crippen LogP contribution in [0, 0.1) is 5.92 Å². The molecule has 2 aliphatic rings. The zero-order valence-electron chi connectivity index (χ0n) is 10.5. The van der Waals surface area contributed by atoms with E-state index in [1.807, 2.05) is 4.90 Å². The third-order valence-corrected chi connectivity index (χ3v) is 3.44. The first-order valence-corrected chi connectivity index (χ1v) is 6.41. The molecule has 0 aliphatic carbocycles. The summed E-state index contributed by atoms with van der Waals surface area (Å²) < 4.78 is 10.7. The van der Waals surface area contributed by atoms with Crippen molar-refractivity contribution >= 4 is 5.91 Å². The molecule has 1 N–H and O–H groups in total. The van der Waals surface area contributed by atoms with Gasteiger partial charge in [0.2, 0.25) is 0 Å². The summed E-state index contributed by atoms with van der Waals surface area (Å²) in [6.07, 6.45) is 1.94. The van der Waals surface area contributed by atoms with Crippen molar-refractivity contribution in [3.8, 4) is 0 Å². The zero-order chi connectivity index (χ0) is 12.1. The molecule has 0 unspecified atom stereocenters. The Bertz CT molecular complexity index is 252. The fourth-order valence-electron chi connectivity index (χ4n) is 2.56. The van der Waals surface area contributed by atoms with E-state index in [-0.39, 0.29) is 12.0 Å². The first-order chi connectivity index (χ1) is 8.31. The summed E-state index contributed by atoms with van der Waals surface area (Å²) in [7, 11) is 1.72. The Balaban J connectivity index is 1.85. The van der Waals surface area contributed by atoms with Crippen LogP contribution < -0.4 is 5.32 Å². The summed E-state index contributed by atoms with van der Waals surface area (Å²) in [5.41, 5.74) is 0. The van der Waals surface area contributed by atoms with Gasteiger partial charge in [0.05, 0.1) is 13.2 Å². The molecule has 0 aromatic carbocycles. The maximum absolute atomic E-state index is 12.2. The molecule has 5 nitrogen and oxygen atoms in total. The standard InChI is InChI=1S/C12H22N2O3/c1-16-9-10-3-2-5-14(8-10)12(15)11-7-13-4-6-17-11/h10-11,13H,2-9H2,1H3/t10-,11-/m1/s1. The molecular formula is C12H22N2O3. The van der Waals surface area contributed by atoms with Crippen LogP contribution in [0.25, 0.3) is 0 Å². The van der Waals surface area contributed by atoms with Gasteiger partial charge in [0.1, 0.15) is 6.10 Å². The smallest absolute Gasteiger partial charge is 0.253 e. The van der Waals surface area contributed by atoms with Crippen LogP contribution in [0.3, 0.4) is 0 Å². The number of ether oxygens (including phenoxy) is 2. The molecule has 2 aliphatic heterocycles. The summed E-state index contributed by atoms with van der Waals surface area (Å²) >= 11 is 0. The largest absolute Gasteiger partial charge is 0.384 e. The molecule has 1 amide bonds. The average Bonchev–Trinajstić information content (AvgIpc) is 2.40. The number of morpholine rings is 1. The van der Waals surface area contributed by atoms with E-state index in [0.29, 0.717) is 19.1 Å². The quantitative estimate of drug-likeness (QED) is 0.748. The number of nitrogens with one attached hydrogen (secondary N) is 1. The minimum absolute atomic E-state index is 0.137. The predicted molar refractivity (Wildman–Crippen MR) is 63.8 cm³/mol. The van der Waals surface area contributed by atoms with Crippen molar-refractivity contribution < 1.29 is 14.3 Å². The summed E-state index contributed by atoms with van der Waals surface area (Å²) in [5, 5.41) is 3.19. The second-order valence-corrected chi connectivity index (χ2v) is 4.81. The van der Waals surface area contributed by atoms with Gasteiger partial charge < -0.3 is 19.7 Å². The maximum Gasteiger partial charge on any atom is 0.253 e. The van der Waals surface area contributed by atoms with Crippen LogP contribution in [-0.4, -0.2) is 63.4 Å². The van der Waals surface area contributed by atoms with Crippen molar-refractivity contribution in [3.63, 3.8) is 0 Å². The molecule has 17 heavy (non-hydrogen) atoms. The predicted octanol–water partition coefficient (Wildman–Crippen LogP) is -0.140. The topological polar surface area (TPSA) is 50.8 Å². The molecular weight excluding hydrogens is 220 g/mol. The summed E-state index contributed by atoms with van der Waals surface area (Å²) in [6, 6.07) is 0. The van der Waals surface area contributed by atoms with Crippen LogP contribution in [0.1, 0.15) is 12.8 Å². The van der Waals surface area contributed by atoms with E-state index in [1.165, 1.54) is 0 Å². The van der Waals surface area contributed by atoms with Crippen molar-refractivity contribution in [2.24, 2.45) is 5.92 Å². The van der Waals surface area contributed by atoms with Gasteiger partial charge in [0.15, 0.2) is 0 Å². The Labute approximate surface area is 102 Å². The molecule has 2 heterocycles. The first-order valence-electron chi connectivity index (χ1n) is 6.41. The van der Waals surface area contributed by atoms with E-state index in [2.05, 4.69) is 5.32 Å². The molecule has 0 radical (unpaired) electrons. The van der Waals surface area contributed by atoms with E-state index in [1.54, 1.807) is 7.11 Å². The van der Waals surface area contributed by atoms with Gasteiger partial charge in [0.25, 0.3) is 5.91 Å². The van der Waals surface area contributed by atoms with Gasteiger partial charge in [-0.1, -0.05) is 0 Å². The Hall–Kier alpha value is -0.650. The van der Waals surface area contributed by atoms with Crippen molar-refractivity contribution in [1.29, 1.82) is 0 Å². The van der Waals surface area contributed by atoms with Crippen molar-refractivity contribution in [3.05, 3.63) is 0 Å². The van der Waals surface area contributed by atoms with Gasteiger partial charge in [-0.3, -0.25) is 4.79 Å². The number of likely N-dealkylation sites (tertiary alicyclic amines) is 1. The lowest BCUT2D eigenvalue weighted by molar-refractivity contribution is -0.147. The van der Waals surface area contributed by atoms with Crippen LogP contribution in [0.2, 0.25) is 0 Å². The van der Waals surface area contributed by atoms with Gasteiger partial charge in [-0.25, -0.2) is 0 Å². The summed E-state index contributed by atoms with van der Waals surface area (Å²) in [5.74, 6) is 0.618. The number of amides is 1. The molecule has 0 aromatic rings. The van der Waals surface area contributed by atoms with Gasteiger partial charge in [-0.15, -0.1) is 0 Å². The third kappa shape index (κ3) is 3.40. The Kier molecular flexibility index (Phi) is 4.76. The normalized spacial score (nSPS) is 30.3. The Morgan fingerprint density at radius 2 is 2.47 bits per heavy atom. The highest BCUT2D eigenvalue weighted by Crippen LogP contribution is 2.18. The molecule has 98 valence electrons. The van der Waals surface area contributed by atoms with E-state index in [9.17, 15) is 4.79 Å². The van der Waals surface area contributed by atoms with Crippen molar-refractivity contribution in [1.82, 2.24) is 10.2 Å². The summed E-state index contributed by atoms with van der Waals surface area (Å²) in [6.45, 7) is 4.53. The number of nitrogens with zero attached hydrogens (tertiary/aromatic N) is 1. The number of hydrogen-bond donors (Lipinski definition) is 1. The molecule has 5 heteroatoms. The van der Waals surface area contributed by atoms with Gasteiger partial charge >= 0.3 is 0 Å². The Morgan fingerprint density at radius 1 is 1.59 bits per heavy atom. The molecule has 0 bridgehead atoms. The molecule has 2 fully saturated rings. The SMILES string of the molecule is COC[C@@H]1CCCN(C(=O)[C@H]2CNCCO2)C1. The van der Waals surface area contributed by atoms with Crippen LogP contribution in [0.4, 0.5) is 0 Å². The molecule has 0 saturated carbocycles. The van der Waals surface area contributed by atoms with E-state index >= 15 is 0 Å². The highest BCUT2D eigenvalue weighted by molar-refractivity contribution is 5.81. The first kappa shape index (κ1) is 12.8. The van der Waals surface area contributed by atoms with E-state index < -0.39 is 0 Å². The van der Waals surface area contributed by atoms with Crippen LogP contribution in [0.15, 0.2) is 0 Å². The van der Waals surface area contributed by atoms with Crippen LogP contribution in [0.5, 0.6) is 0 Å². The summed E-state index contributed by atoms with van der Waals surface area (Å²) in [4.78, 5) is 14.2. The molecule has 2 rings (SSSR count). The number of piperidine rings is 1. The fraction of sp³-hybridized carbons (Fsp3) is 0.917. The zero-order valence-corrected chi connectivity index (χ0v) is 10.5. The molecule has 2 saturated heterocycles. The van der Waals surface area contributed by atoms with E-state index in [0.717, 1.165) is 39.1 Å². The highest BCUT2D eigenvalue weighted by Gasteiger charge is 2.30. The average molecular weight is 242 g/mol. The van der Waals surface area contributed by atoms with Crippen LogP contribution >= 0.6 is 0 Å². The lowest BCUT2D eigenvalue weighted by atomic mass is 9.98. The molecule has 0 spiro atoms. The number of rotatable bonds is 3. The monoisotopic (exact) mass is 242 g/mol. The van der Waals surface area contributed by atoms with Crippen molar-refractivity contribution in [2.45, 2.75) is 18.9 Å². The minimum Gasteiger partial charge on any atom is -0.384 e. The van der Waals surface area contributed by atoms with Gasteiger partial charge in [-0.05, 0) is 18.8 Å². The fourth-order valence-corrected chi connectivity index (χ4v) is 2.56.